The highest BCUT2D eigenvalue weighted by molar-refractivity contribution is 7.99. The first-order valence-electron chi connectivity index (χ1n) is 10.2. The molecule has 0 fully saturated rings. The zero-order valence-corrected chi connectivity index (χ0v) is 18.2. The Bertz CT molecular complexity index is 1110. The third-order valence-electron chi connectivity index (χ3n) is 5.25. The molecule has 0 aliphatic carbocycles. The van der Waals surface area contributed by atoms with Crippen molar-refractivity contribution in [1.82, 2.24) is 9.88 Å². The number of pyridine rings is 1. The molecule has 0 saturated carbocycles. The van der Waals surface area contributed by atoms with Crippen LogP contribution >= 0.6 is 11.8 Å². The van der Waals surface area contributed by atoms with Crippen LogP contribution in [0.5, 0.6) is 0 Å². The van der Waals surface area contributed by atoms with Gasteiger partial charge in [0.25, 0.3) is 0 Å². The fraction of sp³-hybridized carbons (Fsp3) is 0.240. The lowest BCUT2D eigenvalue weighted by Gasteiger charge is -2.28. The lowest BCUT2D eigenvalue weighted by molar-refractivity contribution is -0.141. The average Bonchev–Trinajstić information content (AvgIpc) is 2.81. The van der Waals surface area contributed by atoms with E-state index in [1.165, 1.54) is 11.8 Å². The lowest BCUT2D eigenvalue weighted by atomic mass is 9.92. The molecule has 1 aliphatic heterocycles. The van der Waals surface area contributed by atoms with E-state index in [-0.39, 0.29) is 18.3 Å². The number of hydrogen-bond donors (Lipinski definition) is 0. The number of aromatic nitrogens is 1. The van der Waals surface area contributed by atoms with Gasteiger partial charge in [-0.2, -0.15) is 5.26 Å². The zero-order chi connectivity index (χ0) is 21.6. The van der Waals surface area contributed by atoms with E-state index in [0.717, 1.165) is 47.5 Å². The minimum atomic E-state index is -0.321. The molecule has 156 valence electrons. The molecule has 2 aromatic carbocycles. The smallest absolute Gasteiger partial charge is 0.316 e. The number of benzene rings is 2. The minimum absolute atomic E-state index is 0.113. The number of ether oxygens (including phenoxy) is 1. The van der Waals surface area contributed by atoms with Crippen molar-refractivity contribution in [3.05, 3.63) is 83.0 Å². The molecule has 0 amide bonds. The molecule has 3 aromatic rings. The van der Waals surface area contributed by atoms with Gasteiger partial charge in [-0.25, -0.2) is 4.98 Å². The summed E-state index contributed by atoms with van der Waals surface area (Å²) < 4.78 is 5.39. The standard InChI is InChI=1S/C25H23N3O2S/c1-28-13-12-22-21(15-28)24(19-10-6-3-7-11-19)20(14-26)25(27-22)31-17-23(29)30-16-18-8-4-2-5-9-18/h2-11H,12-13,15-17H2,1H3. The zero-order valence-electron chi connectivity index (χ0n) is 17.4. The Labute approximate surface area is 186 Å². The Balaban J connectivity index is 1.59. The number of esters is 1. The lowest BCUT2D eigenvalue weighted by Crippen LogP contribution is -2.28. The molecule has 31 heavy (non-hydrogen) atoms. The van der Waals surface area contributed by atoms with E-state index < -0.39 is 0 Å². The quantitative estimate of drug-likeness (QED) is 0.426. The van der Waals surface area contributed by atoms with Gasteiger partial charge >= 0.3 is 5.97 Å². The maximum Gasteiger partial charge on any atom is 0.316 e. The van der Waals surface area contributed by atoms with Gasteiger partial charge < -0.3 is 9.64 Å². The number of carbonyl (C=O) groups is 1. The van der Waals surface area contributed by atoms with Gasteiger partial charge in [0.1, 0.15) is 17.7 Å². The van der Waals surface area contributed by atoms with E-state index in [0.29, 0.717) is 10.6 Å². The third kappa shape index (κ3) is 4.96. The average molecular weight is 430 g/mol. The Morgan fingerprint density at radius 2 is 1.87 bits per heavy atom. The van der Waals surface area contributed by atoms with Crippen LogP contribution in [0.4, 0.5) is 0 Å². The van der Waals surface area contributed by atoms with Crippen LogP contribution in [0, 0.1) is 11.3 Å². The van der Waals surface area contributed by atoms with Crippen molar-refractivity contribution in [3.63, 3.8) is 0 Å². The Morgan fingerprint density at radius 3 is 2.58 bits per heavy atom. The Morgan fingerprint density at radius 1 is 1.16 bits per heavy atom. The number of nitriles is 1. The summed E-state index contributed by atoms with van der Waals surface area (Å²) in [6, 6.07) is 21.9. The summed E-state index contributed by atoms with van der Waals surface area (Å²) in [5.74, 6) is -0.209. The maximum atomic E-state index is 12.3. The summed E-state index contributed by atoms with van der Waals surface area (Å²) in [7, 11) is 2.08. The number of nitrogens with zero attached hydrogens (tertiary/aromatic N) is 3. The molecule has 1 aromatic heterocycles. The first-order valence-corrected chi connectivity index (χ1v) is 11.2. The van der Waals surface area contributed by atoms with E-state index in [1.807, 2.05) is 60.7 Å². The second kappa shape index (κ2) is 9.78. The fourth-order valence-corrected chi connectivity index (χ4v) is 4.51. The molecule has 0 radical (unpaired) electrons. The molecule has 0 saturated heterocycles. The van der Waals surface area contributed by atoms with Gasteiger partial charge in [0.2, 0.25) is 0 Å². The van der Waals surface area contributed by atoms with Gasteiger partial charge in [-0.1, -0.05) is 72.4 Å². The highest BCUT2D eigenvalue weighted by atomic mass is 32.2. The highest BCUT2D eigenvalue weighted by Gasteiger charge is 2.25. The van der Waals surface area contributed by atoms with E-state index >= 15 is 0 Å². The van der Waals surface area contributed by atoms with E-state index in [2.05, 4.69) is 18.0 Å². The normalized spacial score (nSPS) is 13.3. The van der Waals surface area contributed by atoms with Gasteiger partial charge in [-0.3, -0.25) is 4.79 Å². The van der Waals surface area contributed by atoms with Crippen LogP contribution < -0.4 is 0 Å². The van der Waals surface area contributed by atoms with Crippen molar-refractivity contribution in [1.29, 1.82) is 5.26 Å². The van der Waals surface area contributed by atoms with Gasteiger partial charge in [-0.15, -0.1) is 0 Å². The molecule has 0 N–H and O–H groups in total. The molecule has 0 bridgehead atoms. The second-order valence-electron chi connectivity index (χ2n) is 7.49. The van der Waals surface area contributed by atoms with Crippen LogP contribution in [0.2, 0.25) is 0 Å². The molecule has 0 unspecified atom stereocenters. The molecule has 4 rings (SSSR count). The van der Waals surface area contributed by atoms with Crippen molar-refractivity contribution in [2.75, 3.05) is 19.3 Å². The van der Waals surface area contributed by atoms with Gasteiger partial charge in [0, 0.05) is 30.8 Å². The third-order valence-corrected chi connectivity index (χ3v) is 6.20. The van der Waals surface area contributed by atoms with Crippen LogP contribution in [-0.4, -0.2) is 35.2 Å². The van der Waals surface area contributed by atoms with Crippen molar-refractivity contribution >= 4 is 17.7 Å². The van der Waals surface area contributed by atoms with Crippen LogP contribution in [0.25, 0.3) is 11.1 Å². The predicted octanol–water partition coefficient (Wildman–Crippen LogP) is 4.44. The predicted molar refractivity (Wildman–Crippen MR) is 121 cm³/mol. The molecule has 6 heteroatoms. The summed E-state index contributed by atoms with van der Waals surface area (Å²) in [5, 5.41) is 10.6. The summed E-state index contributed by atoms with van der Waals surface area (Å²) >= 11 is 1.28. The van der Waals surface area contributed by atoms with E-state index in [4.69, 9.17) is 9.72 Å². The number of rotatable bonds is 6. The summed E-state index contributed by atoms with van der Waals surface area (Å²) in [6.45, 7) is 1.92. The Kier molecular flexibility index (Phi) is 6.66. The monoisotopic (exact) mass is 429 g/mol. The Hall–Kier alpha value is -3.14. The summed E-state index contributed by atoms with van der Waals surface area (Å²) in [6.07, 6.45) is 0.823. The van der Waals surface area contributed by atoms with Crippen molar-refractivity contribution in [2.24, 2.45) is 0 Å². The van der Waals surface area contributed by atoms with E-state index in [1.54, 1.807) is 0 Å². The topological polar surface area (TPSA) is 66.2 Å². The van der Waals surface area contributed by atoms with Crippen molar-refractivity contribution < 1.29 is 9.53 Å². The number of hydrogen-bond acceptors (Lipinski definition) is 6. The van der Waals surface area contributed by atoms with Gasteiger partial charge in [0.05, 0.1) is 11.3 Å². The maximum absolute atomic E-state index is 12.3. The minimum Gasteiger partial charge on any atom is -0.460 e. The first-order chi connectivity index (χ1) is 15.2. The van der Waals surface area contributed by atoms with Crippen LogP contribution in [0.15, 0.2) is 65.7 Å². The molecular formula is C25H23N3O2S. The fourth-order valence-electron chi connectivity index (χ4n) is 3.71. The largest absolute Gasteiger partial charge is 0.460 e. The van der Waals surface area contributed by atoms with Crippen molar-refractivity contribution in [2.45, 2.75) is 24.6 Å². The van der Waals surface area contributed by atoms with Crippen molar-refractivity contribution in [3.8, 4) is 17.2 Å². The van der Waals surface area contributed by atoms with Gasteiger partial charge in [-0.05, 0) is 23.7 Å². The molecule has 0 atom stereocenters. The second-order valence-corrected chi connectivity index (χ2v) is 8.46. The number of carbonyl (C=O) groups excluding carboxylic acids is 1. The molecular weight excluding hydrogens is 406 g/mol. The first kappa shape index (κ1) is 21.1. The SMILES string of the molecule is CN1CCc2nc(SCC(=O)OCc3ccccc3)c(C#N)c(-c3ccccc3)c2C1. The molecule has 0 spiro atoms. The molecule has 2 heterocycles. The van der Waals surface area contributed by atoms with Crippen LogP contribution in [0.3, 0.4) is 0 Å². The number of fused-ring (bicyclic) bond motifs is 1. The number of likely N-dealkylation sites (N-methyl/N-ethyl adjacent to an activating group) is 1. The summed E-state index contributed by atoms with van der Waals surface area (Å²) in [5.41, 5.74) is 5.52. The van der Waals surface area contributed by atoms with E-state index in [9.17, 15) is 10.1 Å². The summed E-state index contributed by atoms with van der Waals surface area (Å²) in [4.78, 5) is 19.4. The van der Waals surface area contributed by atoms with Gasteiger partial charge in [0.15, 0.2) is 0 Å². The highest BCUT2D eigenvalue weighted by Crippen LogP contribution is 2.37. The molecule has 1 aliphatic rings. The molecule has 5 nitrogen and oxygen atoms in total. The van der Waals surface area contributed by atoms with Crippen LogP contribution in [-0.2, 0) is 29.1 Å². The van der Waals surface area contributed by atoms with Crippen LogP contribution in [0.1, 0.15) is 22.4 Å². The number of thioether (sulfide) groups is 1.